The molecule has 2 atom stereocenters. The summed E-state index contributed by atoms with van der Waals surface area (Å²) in [6.45, 7) is 0.345. The Kier molecular flexibility index (Phi) is 3.22. The zero-order chi connectivity index (χ0) is 13.4. The van der Waals surface area contributed by atoms with Crippen LogP contribution >= 0.6 is 11.8 Å². The van der Waals surface area contributed by atoms with Gasteiger partial charge in [0.15, 0.2) is 0 Å². The predicted molar refractivity (Wildman–Crippen MR) is 72.0 cm³/mol. The van der Waals surface area contributed by atoms with Crippen molar-refractivity contribution in [1.82, 2.24) is 4.90 Å². The first-order chi connectivity index (χ1) is 9.16. The third kappa shape index (κ3) is 2.23. The second-order valence-electron chi connectivity index (χ2n) is 4.98. The van der Waals surface area contributed by atoms with Crippen molar-refractivity contribution in [2.75, 3.05) is 12.3 Å². The lowest BCUT2D eigenvalue weighted by atomic mass is 10.0. The number of hydrogen-bond donors (Lipinski definition) is 1. The molecule has 19 heavy (non-hydrogen) atoms. The van der Waals surface area contributed by atoms with Crippen molar-refractivity contribution in [2.45, 2.75) is 23.8 Å². The summed E-state index contributed by atoms with van der Waals surface area (Å²) in [6.07, 6.45) is 1.04. The molecule has 2 aliphatic rings. The topological polar surface area (TPSA) is 57.6 Å². The molecule has 0 unspecified atom stereocenters. The minimum Gasteiger partial charge on any atom is -0.481 e. The quantitative estimate of drug-likeness (QED) is 0.900. The molecule has 1 N–H and O–H groups in total. The average molecular weight is 277 g/mol. The van der Waals surface area contributed by atoms with Crippen LogP contribution in [0.1, 0.15) is 24.4 Å². The number of rotatable bonds is 2. The Morgan fingerprint density at radius 3 is 2.89 bits per heavy atom. The van der Waals surface area contributed by atoms with Gasteiger partial charge in [-0.3, -0.25) is 9.59 Å². The van der Waals surface area contributed by atoms with Gasteiger partial charge in [-0.2, -0.15) is 0 Å². The normalized spacial score (nSPS) is 26.3. The molecule has 2 heterocycles. The summed E-state index contributed by atoms with van der Waals surface area (Å²) < 4.78 is 0. The second-order valence-corrected chi connectivity index (χ2v) is 6.11. The fourth-order valence-electron chi connectivity index (χ4n) is 2.85. The lowest BCUT2D eigenvalue weighted by Crippen LogP contribution is -2.32. The first-order valence-corrected chi connectivity index (χ1v) is 7.39. The van der Waals surface area contributed by atoms with Crippen LogP contribution in [-0.2, 0) is 9.59 Å². The molecule has 4 nitrogen and oxygen atoms in total. The van der Waals surface area contributed by atoms with Crippen molar-refractivity contribution >= 4 is 23.6 Å². The number of hydrogen-bond acceptors (Lipinski definition) is 3. The number of aliphatic carboxylic acids is 1. The Morgan fingerprint density at radius 1 is 1.37 bits per heavy atom. The number of carbonyl (C=O) groups is 2. The number of fused-ring (bicyclic) bond motifs is 1. The monoisotopic (exact) mass is 277 g/mol. The smallest absolute Gasteiger partial charge is 0.308 e. The summed E-state index contributed by atoms with van der Waals surface area (Å²) in [6, 6.07) is 8.15. The number of amides is 1. The molecular formula is C14H15NO3S. The maximum atomic E-state index is 12.1. The Hall–Kier alpha value is -1.49. The number of nitrogens with zero attached hydrogens (tertiary/aromatic N) is 1. The zero-order valence-electron chi connectivity index (χ0n) is 10.4. The van der Waals surface area contributed by atoms with E-state index in [-0.39, 0.29) is 18.4 Å². The van der Waals surface area contributed by atoms with Gasteiger partial charge in [0, 0.05) is 23.6 Å². The number of thioether (sulfide) groups is 1. The molecule has 0 spiro atoms. The minimum atomic E-state index is -0.866. The lowest BCUT2D eigenvalue weighted by Gasteiger charge is -2.32. The summed E-state index contributed by atoms with van der Waals surface area (Å²) in [5, 5.41) is 9.06. The molecule has 0 radical (unpaired) electrons. The fourth-order valence-corrected chi connectivity index (χ4v) is 3.95. The van der Waals surface area contributed by atoms with E-state index in [2.05, 4.69) is 6.07 Å². The van der Waals surface area contributed by atoms with Crippen LogP contribution in [-0.4, -0.2) is 34.2 Å². The molecule has 1 fully saturated rings. The Labute approximate surface area is 115 Å². The van der Waals surface area contributed by atoms with Gasteiger partial charge in [-0.05, 0) is 18.1 Å². The summed E-state index contributed by atoms with van der Waals surface area (Å²) >= 11 is 1.81. The molecule has 0 aliphatic carbocycles. The molecule has 0 saturated carbocycles. The molecule has 1 aromatic rings. The average Bonchev–Trinajstić information content (AvgIpc) is 2.80. The summed E-state index contributed by atoms with van der Waals surface area (Å²) in [4.78, 5) is 26.1. The van der Waals surface area contributed by atoms with Gasteiger partial charge in [-0.15, -0.1) is 11.8 Å². The van der Waals surface area contributed by atoms with Gasteiger partial charge in [-0.25, -0.2) is 0 Å². The highest BCUT2D eigenvalue weighted by molar-refractivity contribution is 7.99. The van der Waals surface area contributed by atoms with E-state index in [1.165, 1.54) is 4.90 Å². The number of carbonyl (C=O) groups excluding carboxylic acids is 1. The van der Waals surface area contributed by atoms with Crippen LogP contribution in [0.15, 0.2) is 29.2 Å². The fraction of sp³-hybridized carbons (Fsp3) is 0.429. The molecule has 1 aromatic carbocycles. The van der Waals surface area contributed by atoms with Crippen molar-refractivity contribution in [3.63, 3.8) is 0 Å². The third-order valence-electron chi connectivity index (χ3n) is 3.81. The standard InChI is InChI=1S/C14H15NO3S/c16-13-7-9(14(17)18)8-15(13)11-5-6-19-12-4-2-1-3-10(11)12/h1-4,9,11H,5-8H2,(H,17,18)/t9-,11-/m0/s1. The van der Waals surface area contributed by atoms with Crippen molar-refractivity contribution in [3.8, 4) is 0 Å². The van der Waals surface area contributed by atoms with E-state index in [1.807, 2.05) is 18.2 Å². The SMILES string of the molecule is O=C(O)[C@H]1CC(=O)N([C@H]2CCSc3ccccc32)C1. The Bertz CT molecular complexity index is 531. The van der Waals surface area contributed by atoms with Crippen LogP contribution in [0, 0.1) is 5.92 Å². The molecule has 1 amide bonds. The van der Waals surface area contributed by atoms with Crippen LogP contribution < -0.4 is 0 Å². The van der Waals surface area contributed by atoms with Crippen LogP contribution in [0.5, 0.6) is 0 Å². The zero-order valence-corrected chi connectivity index (χ0v) is 11.2. The van der Waals surface area contributed by atoms with Crippen molar-refractivity contribution in [1.29, 1.82) is 0 Å². The van der Waals surface area contributed by atoms with Gasteiger partial charge in [0.2, 0.25) is 5.91 Å². The number of carboxylic acid groups (broad SMARTS) is 1. The second kappa shape index (κ2) is 4.89. The maximum Gasteiger partial charge on any atom is 0.308 e. The maximum absolute atomic E-state index is 12.1. The van der Waals surface area contributed by atoms with E-state index >= 15 is 0 Å². The Balaban J connectivity index is 1.88. The molecule has 3 rings (SSSR count). The Morgan fingerprint density at radius 2 is 2.16 bits per heavy atom. The van der Waals surface area contributed by atoms with Crippen molar-refractivity contribution in [2.24, 2.45) is 5.92 Å². The van der Waals surface area contributed by atoms with E-state index < -0.39 is 11.9 Å². The van der Waals surface area contributed by atoms with Crippen LogP contribution in [0.4, 0.5) is 0 Å². The summed E-state index contributed by atoms with van der Waals surface area (Å²) in [5.41, 5.74) is 1.16. The van der Waals surface area contributed by atoms with Gasteiger partial charge in [0.1, 0.15) is 0 Å². The molecular weight excluding hydrogens is 262 g/mol. The van der Waals surface area contributed by atoms with Crippen molar-refractivity contribution in [3.05, 3.63) is 29.8 Å². The van der Waals surface area contributed by atoms with E-state index in [4.69, 9.17) is 5.11 Å². The van der Waals surface area contributed by atoms with E-state index in [0.717, 1.165) is 17.7 Å². The highest BCUT2D eigenvalue weighted by Crippen LogP contribution is 2.41. The number of likely N-dealkylation sites (tertiary alicyclic amines) is 1. The van der Waals surface area contributed by atoms with E-state index in [0.29, 0.717) is 6.54 Å². The molecule has 2 aliphatic heterocycles. The van der Waals surface area contributed by atoms with Gasteiger partial charge in [0.25, 0.3) is 0 Å². The van der Waals surface area contributed by atoms with Gasteiger partial charge >= 0.3 is 5.97 Å². The molecule has 5 heteroatoms. The molecule has 0 bridgehead atoms. The molecule has 100 valence electrons. The first kappa shape index (κ1) is 12.5. The largest absolute Gasteiger partial charge is 0.481 e. The highest BCUT2D eigenvalue weighted by atomic mass is 32.2. The van der Waals surface area contributed by atoms with Gasteiger partial charge in [-0.1, -0.05) is 18.2 Å². The van der Waals surface area contributed by atoms with Crippen LogP contribution in [0.3, 0.4) is 0 Å². The molecule has 0 aromatic heterocycles. The predicted octanol–water partition coefficient (Wildman–Crippen LogP) is 2.16. The lowest BCUT2D eigenvalue weighted by molar-refractivity contribution is -0.141. The van der Waals surface area contributed by atoms with Crippen molar-refractivity contribution < 1.29 is 14.7 Å². The minimum absolute atomic E-state index is 0.0286. The van der Waals surface area contributed by atoms with Crippen LogP contribution in [0.2, 0.25) is 0 Å². The number of carboxylic acids is 1. The van der Waals surface area contributed by atoms with Crippen LogP contribution in [0.25, 0.3) is 0 Å². The first-order valence-electron chi connectivity index (χ1n) is 6.41. The summed E-state index contributed by atoms with van der Waals surface area (Å²) in [7, 11) is 0. The molecule has 1 saturated heterocycles. The third-order valence-corrected chi connectivity index (χ3v) is 4.93. The number of benzene rings is 1. The van der Waals surface area contributed by atoms with Gasteiger partial charge < -0.3 is 10.0 Å². The highest BCUT2D eigenvalue weighted by Gasteiger charge is 2.39. The van der Waals surface area contributed by atoms with Gasteiger partial charge in [0.05, 0.1) is 12.0 Å². The van der Waals surface area contributed by atoms with E-state index in [9.17, 15) is 9.59 Å². The summed E-state index contributed by atoms with van der Waals surface area (Å²) in [5.74, 6) is -0.467. The van der Waals surface area contributed by atoms with E-state index in [1.54, 1.807) is 16.7 Å².